The van der Waals surface area contributed by atoms with E-state index in [0.29, 0.717) is 0 Å². The van der Waals surface area contributed by atoms with E-state index in [0.717, 1.165) is 0 Å². The van der Waals surface area contributed by atoms with Gasteiger partial charge in [0.1, 0.15) is 24.4 Å². The highest BCUT2D eigenvalue weighted by molar-refractivity contribution is 4.87. The SMILES string of the molecule is OC[C@H]1O[C@@H](O)[14C@H](O)[C@@H](O)[C@@H]1O. The quantitative estimate of drug-likeness (QED) is 0.292. The Balaban J connectivity index is 2.63. The largest absolute Gasteiger partial charge is 0.394 e. The molecule has 6 nitrogen and oxygen atoms in total. The minimum Gasteiger partial charge on any atom is -0.394 e. The second-order valence-corrected chi connectivity index (χ2v) is 2.72. The van der Waals surface area contributed by atoms with Crippen LogP contribution in [0.4, 0.5) is 0 Å². The Morgan fingerprint density at radius 3 is 2.33 bits per heavy atom. The minimum absolute atomic E-state index is 0.526. The Labute approximate surface area is 68.6 Å². The van der Waals surface area contributed by atoms with Crippen molar-refractivity contribution >= 4 is 0 Å². The van der Waals surface area contributed by atoms with Crippen LogP contribution in [0.2, 0.25) is 0 Å². The van der Waals surface area contributed by atoms with Gasteiger partial charge in [0.05, 0.1) is 6.61 Å². The summed E-state index contributed by atoms with van der Waals surface area (Å²) in [7, 11) is 0. The van der Waals surface area contributed by atoms with Gasteiger partial charge in [0.2, 0.25) is 0 Å². The maximum Gasteiger partial charge on any atom is 0.184 e. The topological polar surface area (TPSA) is 110 Å². The van der Waals surface area contributed by atoms with Crippen molar-refractivity contribution in [1.29, 1.82) is 0 Å². The predicted octanol–water partition coefficient (Wildman–Crippen LogP) is -3.22. The van der Waals surface area contributed by atoms with E-state index in [-0.39, 0.29) is 0 Å². The van der Waals surface area contributed by atoms with E-state index in [1.807, 2.05) is 0 Å². The number of rotatable bonds is 1. The summed E-state index contributed by atoms with van der Waals surface area (Å²) in [6.07, 6.45) is -7.04. The van der Waals surface area contributed by atoms with Gasteiger partial charge >= 0.3 is 0 Å². The smallest absolute Gasteiger partial charge is 0.184 e. The Kier molecular flexibility index (Phi) is 2.99. The van der Waals surface area contributed by atoms with Crippen LogP contribution in [0.1, 0.15) is 0 Å². The lowest BCUT2D eigenvalue weighted by Gasteiger charge is -2.37. The predicted molar refractivity (Wildman–Crippen MR) is 36.0 cm³/mol. The van der Waals surface area contributed by atoms with Crippen molar-refractivity contribution in [1.82, 2.24) is 0 Å². The highest BCUT2D eigenvalue weighted by Crippen LogP contribution is 2.18. The lowest BCUT2D eigenvalue weighted by molar-refractivity contribution is -0.286. The van der Waals surface area contributed by atoms with E-state index in [9.17, 15) is 0 Å². The van der Waals surface area contributed by atoms with Crippen molar-refractivity contribution in [3.63, 3.8) is 0 Å². The van der Waals surface area contributed by atoms with E-state index in [1.54, 1.807) is 0 Å². The molecule has 5 atom stereocenters. The molecule has 0 saturated carbocycles. The van der Waals surface area contributed by atoms with Crippen LogP contribution in [0.5, 0.6) is 0 Å². The number of aliphatic hydroxyl groups excluding tert-OH is 5. The van der Waals surface area contributed by atoms with Gasteiger partial charge in [-0.05, 0) is 0 Å². The Morgan fingerprint density at radius 1 is 1.25 bits per heavy atom. The molecule has 0 aromatic heterocycles. The first-order chi connectivity index (χ1) is 5.57. The minimum atomic E-state index is -1.57. The van der Waals surface area contributed by atoms with Crippen LogP contribution in [0.15, 0.2) is 0 Å². The molecule has 1 heterocycles. The lowest BCUT2D eigenvalue weighted by atomic mass is 10.1. The van der Waals surface area contributed by atoms with Crippen LogP contribution in [0.3, 0.4) is 0 Å². The summed E-state index contributed by atoms with van der Waals surface area (Å²) < 4.78 is 4.58. The number of ether oxygens (including phenoxy) is 1. The summed E-state index contributed by atoms with van der Waals surface area (Å²) in [6, 6.07) is 0. The number of aliphatic hydroxyl groups is 5. The highest BCUT2D eigenvalue weighted by Gasteiger charge is 2.42. The molecule has 6 heteroatoms. The molecule has 0 aromatic carbocycles. The van der Waals surface area contributed by atoms with Gasteiger partial charge in [-0.3, -0.25) is 0 Å². The molecule has 1 rings (SSSR count). The summed E-state index contributed by atoms with van der Waals surface area (Å²) in [4.78, 5) is 0. The van der Waals surface area contributed by atoms with Gasteiger partial charge in [-0.15, -0.1) is 0 Å². The van der Waals surface area contributed by atoms with Crippen LogP contribution in [-0.2, 0) is 4.74 Å². The molecule has 0 aromatic rings. The summed E-state index contributed by atoms with van der Waals surface area (Å²) in [5.41, 5.74) is 0. The molecular formula is C6H12O6. The zero-order valence-electron chi connectivity index (χ0n) is 6.24. The van der Waals surface area contributed by atoms with Gasteiger partial charge in [-0.25, -0.2) is 0 Å². The van der Waals surface area contributed by atoms with Gasteiger partial charge in [-0.2, -0.15) is 0 Å². The average Bonchev–Trinajstić information content (AvgIpc) is 2.08. The third kappa shape index (κ3) is 1.58. The Morgan fingerprint density at radius 2 is 1.83 bits per heavy atom. The number of hydrogen-bond donors (Lipinski definition) is 5. The maximum absolute atomic E-state index is 9.12. The Hall–Kier alpha value is -0.240. The third-order valence-corrected chi connectivity index (χ3v) is 1.87. The monoisotopic (exact) mass is 182 g/mol. The van der Waals surface area contributed by atoms with Crippen molar-refractivity contribution in [3.05, 3.63) is 0 Å². The van der Waals surface area contributed by atoms with E-state index in [4.69, 9.17) is 25.5 Å². The molecule has 1 aliphatic rings. The van der Waals surface area contributed by atoms with Gasteiger partial charge < -0.3 is 30.3 Å². The maximum atomic E-state index is 9.12. The first-order valence-corrected chi connectivity index (χ1v) is 3.56. The molecule has 0 amide bonds. The highest BCUT2D eigenvalue weighted by atomic mass is 16.7. The van der Waals surface area contributed by atoms with Crippen molar-refractivity contribution in [3.8, 4) is 0 Å². The first-order valence-electron chi connectivity index (χ1n) is 3.56. The molecule has 1 fully saturated rings. The summed E-state index contributed by atoms with van der Waals surface area (Å²) in [5.74, 6) is 0. The van der Waals surface area contributed by atoms with Crippen LogP contribution in [0, 0.1) is 0 Å². The summed E-state index contributed by atoms with van der Waals surface area (Å²) >= 11 is 0. The van der Waals surface area contributed by atoms with Gasteiger partial charge in [-0.1, -0.05) is 0 Å². The fourth-order valence-electron chi connectivity index (χ4n) is 1.08. The van der Waals surface area contributed by atoms with Crippen molar-refractivity contribution in [2.45, 2.75) is 30.7 Å². The van der Waals surface area contributed by atoms with E-state index in [2.05, 4.69) is 4.74 Å². The van der Waals surface area contributed by atoms with Crippen molar-refractivity contribution in [2.75, 3.05) is 6.61 Å². The van der Waals surface area contributed by atoms with E-state index >= 15 is 0 Å². The van der Waals surface area contributed by atoms with Gasteiger partial charge in [0.15, 0.2) is 6.29 Å². The molecule has 72 valence electrons. The zero-order valence-corrected chi connectivity index (χ0v) is 6.24. The van der Waals surface area contributed by atoms with Crippen LogP contribution in [-0.4, -0.2) is 62.8 Å². The second-order valence-electron chi connectivity index (χ2n) is 2.72. The summed E-state index contributed by atoms with van der Waals surface area (Å²) in [5, 5.41) is 44.7. The zero-order chi connectivity index (χ0) is 9.30. The van der Waals surface area contributed by atoms with Gasteiger partial charge in [0.25, 0.3) is 0 Å². The molecule has 1 aliphatic heterocycles. The van der Waals surface area contributed by atoms with Crippen LogP contribution >= 0.6 is 0 Å². The van der Waals surface area contributed by atoms with Crippen molar-refractivity contribution < 1.29 is 30.3 Å². The second kappa shape index (κ2) is 3.65. The molecule has 0 bridgehead atoms. The number of hydrogen-bond acceptors (Lipinski definition) is 6. The van der Waals surface area contributed by atoms with Gasteiger partial charge in [0, 0.05) is 0 Å². The summed E-state index contributed by atoms with van der Waals surface area (Å²) in [6.45, 7) is -0.526. The molecule has 1 saturated heterocycles. The molecule has 0 radical (unpaired) electrons. The third-order valence-electron chi connectivity index (χ3n) is 1.87. The molecule has 5 N–H and O–H groups in total. The van der Waals surface area contributed by atoms with E-state index in [1.165, 1.54) is 0 Å². The molecule has 12 heavy (non-hydrogen) atoms. The Bertz CT molecular complexity index is 146. The first kappa shape index (κ1) is 9.85. The fourth-order valence-corrected chi connectivity index (χ4v) is 1.08. The van der Waals surface area contributed by atoms with Crippen molar-refractivity contribution in [2.24, 2.45) is 0 Å². The normalized spacial score (nSPS) is 49.2. The lowest BCUT2D eigenvalue weighted by Crippen LogP contribution is -2.58. The average molecular weight is 182 g/mol. The van der Waals surface area contributed by atoms with Crippen LogP contribution in [0.25, 0.3) is 0 Å². The molecule has 0 spiro atoms. The standard InChI is InChI=1S/C6H12O6/c7-1-2-3(8)4(9)5(10)6(11)12-2/h2-11H,1H2/t2-,3-,4+,5-,6-/m1/s1/i5+2. The molecular weight excluding hydrogens is 170 g/mol. The van der Waals surface area contributed by atoms with Crippen LogP contribution < -0.4 is 0 Å². The molecule has 0 unspecified atom stereocenters. The molecule has 0 aliphatic carbocycles. The fraction of sp³-hybridized carbons (Fsp3) is 1.00. The van der Waals surface area contributed by atoms with E-state index < -0.39 is 37.3 Å².